The SMILES string of the molecule is CCOC1(C)C(=O)N(C2CC2)c2cc3c(N[C@H](C)c4cccc(C(F)(F)CO)c4)nnc(C)c3cc21. The highest BCUT2D eigenvalue weighted by molar-refractivity contribution is 6.11. The lowest BCUT2D eigenvalue weighted by atomic mass is 9.94. The highest BCUT2D eigenvalue weighted by Gasteiger charge is 2.52. The first-order valence-corrected chi connectivity index (χ1v) is 12.3. The molecule has 1 fully saturated rings. The van der Waals surface area contributed by atoms with E-state index in [1.165, 1.54) is 12.1 Å². The van der Waals surface area contributed by atoms with Crippen molar-refractivity contribution in [3.63, 3.8) is 0 Å². The number of halogens is 2. The number of rotatable bonds is 8. The Kier molecular flexibility index (Phi) is 5.95. The number of anilines is 2. The molecule has 1 unspecified atom stereocenters. The topological polar surface area (TPSA) is 87.6 Å². The van der Waals surface area contributed by atoms with Gasteiger partial charge in [0.1, 0.15) is 6.61 Å². The van der Waals surface area contributed by atoms with E-state index in [0.717, 1.165) is 34.9 Å². The molecular weight excluding hydrogens is 466 g/mol. The summed E-state index contributed by atoms with van der Waals surface area (Å²) in [6, 6.07) is 9.72. The fourth-order valence-corrected chi connectivity index (χ4v) is 5.00. The van der Waals surface area contributed by atoms with Gasteiger partial charge in [0.25, 0.3) is 11.8 Å². The van der Waals surface area contributed by atoms with E-state index in [-0.39, 0.29) is 23.6 Å². The van der Waals surface area contributed by atoms with Gasteiger partial charge in [0.15, 0.2) is 11.4 Å². The van der Waals surface area contributed by atoms with Crippen LogP contribution in [0.1, 0.15) is 62.0 Å². The van der Waals surface area contributed by atoms with Crippen LogP contribution < -0.4 is 10.2 Å². The Balaban J connectivity index is 1.57. The fraction of sp³-hybridized carbons (Fsp3) is 0.444. The number of benzene rings is 2. The van der Waals surface area contributed by atoms with Crippen molar-refractivity contribution in [2.75, 3.05) is 23.4 Å². The lowest BCUT2D eigenvalue weighted by Gasteiger charge is -2.24. The zero-order valence-electron chi connectivity index (χ0n) is 20.8. The third-order valence-corrected chi connectivity index (χ3v) is 7.19. The number of aliphatic hydroxyl groups excluding tert-OH is 1. The van der Waals surface area contributed by atoms with Gasteiger partial charge in [-0.1, -0.05) is 18.2 Å². The zero-order chi connectivity index (χ0) is 25.8. The molecule has 1 aliphatic carbocycles. The molecule has 0 bridgehead atoms. The first kappa shape index (κ1) is 24.5. The van der Waals surface area contributed by atoms with Gasteiger partial charge in [0.05, 0.1) is 17.4 Å². The highest BCUT2D eigenvalue weighted by atomic mass is 19.3. The first-order valence-electron chi connectivity index (χ1n) is 12.3. The summed E-state index contributed by atoms with van der Waals surface area (Å²) in [4.78, 5) is 15.3. The van der Waals surface area contributed by atoms with Crippen molar-refractivity contribution in [1.29, 1.82) is 0 Å². The van der Waals surface area contributed by atoms with E-state index in [1.807, 2.05) is 44.7 Å². The lowest BCUT2D eigenvalue weighted by Crippen LogP contribution is -2.41. The van der Waals surface area contributed by atoms with Crippen molar-refractivity contribution in [3.8, 4) is 0 Å². The Hall–Kier alpha value is -3.17. The molecule has 1 amide bonds. The molecule has 0 spiro atoms. The van der Waals surface area contributed by atoms with Gasteiger partial charge in [-0.3, -0.25) is 4.79 Å². The second-order valence-electron chi connectivity index (χ2n) is 9.78. The van der Waals surface area contributed by atoms with Crippen LogP contribution in [0.25, 0.3) is 10.8 Å². The molecule has 1 saturated carbocycles. The van der Waals surface area contributed by atoms with Crippen LogP contribution in [-0.2, 0) is 21.1 Å². The molecule has 2 aromatic carbocycles. The second-order valence-corrected chi connectivity index (χ2v) is 9.78. The van der Waals surface area contributed by atoms with Crippen molar-refractivity contribution in [2.45, 2.75) is 64.1 Å². The summed E-state index contributed by atoms with van der Waals surface area (Å²) in [6.07, 6.45) is 1.91. The molecule has 5 rings (SSSR count). The largest absolute Gasteiger partial charge is 0.390 e. The number of ether oxygens (including phenoxy) is 1. The number of fused-ring (bicyclic) bond motifs is 2. The summed E-state index contributed by atoms with van der Waals surface area (Å²) in [5, 5.41) is 22.7. The minimum Gasteiger partial charge on any atom is -0.390 e. The van der Waals surface area contributed by atoms with Crippen molar-refractivity contribution in [3.05, 3.63) is 58.8 Å². The minimum atomic E-state index is -3.32. The average molecular weight is 497 g/mol. The van der Waals surface area contributed by atoms with Gasteiger partial charge in [0.2, 0.25) is 0 Å². The Labute approximate surface area is 208 Å². The van der Waals surface area contributed by atoms with E-state index < -0.39 is 18.1 Å². The molecule has 0 radical (unpaired) electrons. The van der Waals surface area contributed by atoms with Gasteiger partial charge in [-0.15, -0.1) is 5.10 Å². The maximum absolute atomic E-state index is 14.1. The summed E-state index contributed by atoms with van der Waals surface area (Å²) in [6.45, 7) is 6.57. The van der Waals surface area contributed by atoms with Crippen molar-refractivity contribution < 1.29 is 23.4 Å². The summed E-state index contributed by atoms with van der Waals surface area (Å²) >= 11 is 0. The lowest BCUT2D eigenvalue weighted by molar-refractivity contribution is -0.140. The van der Waals surface area contributed by atoms with E-state index in [2.05, 4.69) is 15.5 Å². The monoisotopic (exact) mass is 496 g/mol. The van der Waals surface area contributed by atoms with Gasteiger partial charge < -0.3 is 20.1 Å². The number of carbonyl (C=O) groups is 1. The smallest absolute Gasteiger partial charge is 0.295 e. The van der Waals surface area contributed by atoms with Crippen LogP contribution in [0.3, 0.4) is 0 Å². The third-order valence-electron chi connectivity index (χ3n) is 7.19. The van der Waals surface area contributed by atoms with Crippen LogP contribution in [0.5, 0.6) is 0 Å². The Morgan fingerprint density at radius 3 is 2.67 bits per heavy atom. The van der Waals surface area contributed by atoms with Gasteiger partial charge in [0, 0.05) is 34.5 Å². The molecule has 190 valence electrons. The number of carbonyl (C=O) groups excluding carboxylic acids is 1. The molecule has 2 heterocycles. The van der Waals surface area contributed by atoms with E-state index in [1.54, 1.807) is 12.1 Å². The standard InChI is InChI=1S/C27H30F2N4O3/c1-5-36-26(4)22-12-20-16(3)31-32-24(21(20)13-23(22)33(25(26)35)19-9-10-19)30-15(2)17-7-6-8-18(11-17)27(28,29)14-34/h6-8,11-13,15,19,34H,5,9-10,14H2,1-4H3,(H,30,32)/t15-,26?/m1/s1. The van der Waals surface area contributed by atoms with Crippen LogP contribution in [0.15, 0.2) is 36.4 Å². The van der Waals surface area contributed by atoms with Gasteiger partial charge in [-0.25, -0.2) is 0 Å². The molecule has 2 atom stereocenters. The number of alkyl halides is 2. The highest BCUT2D eigenvalue weighted by Crippen LogP contribution is 2.49. The molecule has 3 aromatic rings. The van der Waals surface area contributed by atoms with E-state index in [0.29, 0.717) is 23.7 Å². The van der Waals surface area contributed by atoms with Crippen LogP contribution in [0, 0.1) is 6.92 Å². The molecule has 1 aliphatic heterocycles. The van der Waals surface area contributed by atoms with E-state index >= 15 is 0 Å². The van der Waals surface area contributed by atoms with Gasteiger partial charge in [-0.05, 0) is 64.3 Å². The van der Waals surface area contributed by atoms with Crippen molar-refractivity contribution >= 4 is 28.2 Å². The minimum absolute atomic E-state index is 0.0553. The number of amides is 1. The normalized spacial score (nSPS) is 20.6. The van der Waals surface area contributed by atoms with E-state index in [9.17, 15) is 13.6 Å². The predicted molar refractivity (Wildman–Crippen MR) is 133 cm³/mol. The average Bonchev–Trinajstić information content (AvgIpc) is 3.68. The molecule has 36 heavy (non-hydrogen) atoms. The number of aryl methyl sites for hydroxylation is 1. The number of hydrogen-bond donors (Lipinski definition) is 2. The summed E-state index contributed by atoms with van der Waals surface area (Å²) < 4.78 is 34.1. The van der Waals surface area contributed by atoms with Crippen LogP contribution in [-0.4, -0.2) is 40.5 Å². The van der Waals surface area contributed by atoms with Gasteiger partial charge >= 0.3 is 0 Å². The van der Waals surface area contributed by atoms with Gasteiger partial charge in [-0.2, -0.15) is 13.9 Å². The number of nitrogens with zero attached hydrogens (tertiary/aromatic N) is 3. The second kappa shape index (κ2) is 8.74. The molecule has 0 saturated heterocycles. The van der Waals surface area contributed by atoms with Crippen LogP contribution in [0.4, 0.5) is 20.3 Å². The molecule has 1 aromatic heterocycles. The van der Waals surface area contributed by atoms with Crippen LogP contribution in [0.2, 0.25) is 0 Å². The van der Waals surface area contributed by atoms with Crippen molar-refractivity contribution in [1.82, 2.24) is 10.2 Å². The van der Waals surface area contributed by atoms with Crippen LogP contribution >= 0.6 is 0 Å². The number of aromatic nitrogens is 2. The molecule has 9 heteroatoms. The quantitative estimate of drug-likeness (QED) is 0.459. The molecule has 2 N–H and O–H groups in total. The maximum Gasteiger partial charge on any atom is 0.295 e. The zero-order valence-corrected chi connectivity index (χ0v) is 20.8. The van der Waals surface area contributed by atoms with E-state index in [4.69, 9.17) is 9.84 Å². The Bertz CT molecular complexity index is 1340. The Morgan fingerprint density at radius 2 is 2.00 bits per heavy atom. The van der Waals surface area contributed by atoms with Crippen molar-refractivity contribution in [2.24, 2.45) is 0 Å². The summed E-state index contributed by atoms with van der Waals surface area (Å²) in [5.41, 5.74) is 1.67. The fourth-order valence-electron chi connectivity index (χ4n) is 5.00. The number of hydrogen-bond acceptors (Lipinski definition) is 6. The number of aliphatic hydroxyl groups is 1. The summed E-state index contributed by atoms with van der Waals surface area (Å²) in [5.74, 6) is -2.88. The summed E-state index contributed by atoms with van der Waals surface area (Å²) in [7, 11) is 0. The first-order chi connectivity index (χ1) is 17.1. The Morgan fingerprint density at radius 1 is 1.25 bits per heavy atom. The number of nitrogens with one attached hydrogen (secondary N) is 1. The third kappa shape index (κ3) is 3.90. The molecule has 2 aliphatic rings. The maximum atomic E-state index is 14.1. The molecular formula is C27H30F2N4O3. The predicted octanol–water partition coefficient (Wildman–Crippen LogP) is 4.96. The molecule has 7 nitrogen and oxygen atoms in total.